The second-order valence-corrected chi connectivity index (χ2v) is 5.82. The second-order valence-electron chi connectivity index (χ2n) is 5.82. The SMILES string of the molecule is O=C(O)C1CCCCCN1Cc1nnc2n1CCCC2. The van der Waals surface area contributed by atoms with Crippen molar-refractivity contribution >= 4 is 5.97 Å². The molecule has 110 valence electrons. The molecule has 1 aromatic heterocycles. The molecule has 1 N–H and O–H groups in total. The van der Waals surface area contributed by atoms with Crippen LogP contribution in [0, 0.1) is 0 Å². The third-order valence-corrected chi connectivity index (χ3v) is 4.43. The van der Waals surface area contributed by atoms with E-state index in [1.165, 1.54) is 12.8 Å². The van der Waals surface area contributed by atoms with Crippen molar-refractivity contribution in [2.75, 3.05) is 6.54 Å². The Labute approximate surface area is 118 Å². The van der Waals surface area contributed by atoms with Gasteiger partial charge in [0.15, 0.2) is 0 Å². The quantitative estimate of drug-likeness (QED) is 0.906. The van der Waals surface area contributed by atoms with E-state index in [2.05, 4.69) is 19.7 Å². The smallest absolute Gasteiger partial charge is 0.320 e. The Hall–Kier alpha value is -1.43. The largest absolute Gasteiger partial charge is 0.480 e. The number of rotatable bonds is 3. The number of hydrogen-bond acceptors (Lipinski definition) is 4. The zero-order chi connectivity index (χ0) is 13.9. The molecule has 2 aliphatic heterocycles. The van der Waals surface area contributed by atoms with Crippen LogP contribution in [0.25, 0.3) is 0 Å². The van der Waals surface area contributed by atoms with Gasteiger partial charge in [0.25, 0.3) is 0 Å². The first-order valence-electron chi connectivity index (χ1n) is 7.63. The fraction of sp³-hybridized carbons (Fsp3) is 0.786. The molecule has 1 aromatic rings. The molecule has 1 saturated heterocycles. The minimum Gasteiger partial charge on any atom is -0.480 e. The first-order chi connectivity index (χ1) is 9.75. The number of likely N-dealkylation sites (tertiary alicyclic amines) is 1. The van der Waals surface area contributed by atoms with Gasteiger partial charge in [0.2, 0.25) is 0 Å². The number of aliphatic carboxylic acids is 1. The number of hydrogen-bond donors (Lipinski definition) is 1. The summed E-state index contributed by atoms with van der Waals surface area (Å²) in [7, 11) is 0. The Kier molecular flexibility index (Phi) is 4.00. The van der Waals surface area contributed by atoms with Crippen molar-refractivity contribution in [3.05, 3.63) is 11.6 Å². The molecule has 1 atom stereocenters. The third-order valence-electron chi connectivity index (χ3n) is 4.43. The highest BCUT2D eigenvalue weighted by molar-refractivity contribution is 5.73. The summed E-state index contributed by atoms with van der Waals surface area (Å²) in [5.41, 5.74) is 0. The molecule has 0 amide bonds. The number of carboxylic acids is 1. The number of carboxylic acid groups (broad SMARTS) is 1. The number of aryl methyl sites for hydroxylation is 1. The molecule has 6 heteroatoms. The van der Waals surface area contributed by atoms with Crippen LogP contribution in [0.2, 0.25) is 0 Å². The van der Waals surface area contributed by atoms with Crippen LogP contribution in [-0.2, 0) is 24.3 Å². The van der Waals surface area contributed by atoms with E-state index in [0.717, 1.165) is 56.8 Å². The predicted molar refractivity (Wildman–Crippen MR) is 73.3 cm³/mol. The highest BCUT2D eigenvalue weighted by Gasteiger charge is 2.29. The van der Waals surface area contributed by atoms with Crippen LogP contribution in [0.15, 0.2) is 0 Å². The summed E-state index contributed by atoms with van der Waals surface area (Å²) in [5, 5.41) is 18.0. The van der Waals surface area contributed by atoms with E-state index in [0.29, 0.717) is 6.54 Å². The van der Waals surface area contributed by atoms with Crippen LogP contribution in [0.3, 0.4) is 0 Å². The first-order valence-corrected chi connectivity index (χ1v) is 7.63. The van der Waals surface area contributed by atoms with E-state index >= 15 is 0 Å². The van der Waals surface area contributed by atoms with Crippen molar-refractivity contribution in [2.24, 2.45) is 0 Å². The Bertz CT molecular complexity index is 486. The van der Waals surface area contributed by atoms with Gasteiger partial charge in [0, 0.05) is 13.0 Å². The van der Waals surface area contributed by atoms with Gasteiger partial charge in [-0.15, -0.1) is 10.2 Å². The summed E-state index contributed by atoms with van der Waals surface area (Å²) in [6, 6.07) is -0.367. The molecule has 1 unspecified atom stereocenters. The Morgan fingerprint density at radius 2 is 2.00 bits per heavy atom. The lowest BCUT2D eigenvalue weighted by Crippen LogP contribution is -2.40. The van der Waals surface area contributed by atoms with Crippen molar-refractivity contribution in [3.63, 3.8) is 0 Å². The fourth-order valence-corrected chi connectivity index (χ4v) is 3.30. The molecule has 3 rings (SSSR count). The lowest BCUT2D eigenvalue weighted by atomic mass is 10.1. The lowest BCUT2D eigenvalue weighted by molar-refractivity contribution is -0.143. The fourth-order valence-electron chi connectivity index (χ4n) is 3.30. The van der Waals surface area contributed by atoms with Gasteiger partial charge < -0.3 is 9.67 Å². The number of aromatic nitrogens is 3. The normalized spacial score (nSPS) is 24.1. The molecule has 0 saturated carbocycles. The molecular weight excluding hydrogens is 256 g/mol. The maximum atomic E-state index is 11.5. The molecule has 1 fully saturated rings. The van der Waals surface area contributed by atoms with Gasteiger partial charge in [0.05, 0.1) is 6.54 Å². The predicted octanol–water partition coefficient (Wildman–Crippen LogP) is 1.44. The molecule has 0 spiro atoms. The zero-order valence-corrected chi connectivity index (χ0v) is 11.8. The van der Waals surface area contributed by atoms with Gasteiger partial charge in [-0.2, -0.15) is 0 Å². The maximum absolute atomic E-state index is 11.5. The standard InChI is InChI=1S/C14H22N4O2/c19-14(20)11-6-2-1-4-8-17(11)10-13-16-15-12-7-3-5-9-18(12)13/h11H,1-10H2,(H,19,20). The Balaban J connectivity index is 1.77. The van der Waals surface area contributed by atoms with E-state index in [1.807, 2.05) is 0 Å². The molecule has 0 aliphatic carbocycles. The van der Waals surface area contributed by atoms with Gasteiger partial charge in [-0.05, 0) is 32.2 Å². The van der Waals surface area contributed by atoms with Gasteiger partial charge in [-0.3, -0.25) is 9.69 Å². The summed E-state index contributed by atoms with van der Waals surface area (Å²) in [6.45, 7) is 2.44. The van der Waals surface area contributed by atoms with E-state index in [9.17, 15) is 9.90 Å². The number of fused-ring (bicyclic) bond motifs is 1. The van der Waals surface area contributed by atoms with Gasteiger partial charge >= 0.3 is 5.97 Å². The molecule has 6 nitrogen and oxygen atoms in total. The van der Waals surface area contributed by atoms with E-state index < -0.39 is 5.97 Å². The van der Waals surface area contributed by atoms with E-state index in [4.69, 9.17) is 0 Å². The molecule has 0 aromatic carbocycles. The molecule has 0 radical (unpaired) electrons. The lowest BCUT2D eigenvalue weighted by Gasteiger charge is -2.26. The molecule has 0 bridgehead atoms. The summed E-state index contributed by atoms with van der Waals surface area (Å²) < 4.78 is 2.19. The minimum atomic E-state index is -0.703. The van der Waals surface area contributed by atoms with Gasteiger partial charge in [-0.25, -0.2) is 0 Å². The molecule has 2 aliphatic rings. The molecule has 3 heterocycles. The minimum absolute atomic E-state index is 0.367. The summed E-state index contributed by atoms with van der Waals surface area (Å²) in [5.74, 6) is 1.30. The highest BCUT2D eigenvalue weighted by Crippen LogP contribution is 2.21. The topological polar surface area (TPSA) is 71.2 Å². The van der Waals surface area contributed by atoms with Crippen molar-refractivity contribution in [1.82, 2.24) is 19.7 Å². The summed E-state index contributed by atoms with van der Waals surface area (Å²) in [4.78, 5) is 13.5. The van der Waals surface area contributed by atoms with Crippen LogP contribution in [0.4, 0.5) is 0 Å². The van der Waals surface area contributed by atoms with E-state index in [1.54, 1.807) is 0 Å². The summed E-state index contributed by atoms with van der Waals surface area (Å²) >= 11 is 0. The number of carbonyl (C=O) groups is 1. The number of nitrogens with zero attached hydrogens (tertiary/aromatic N) is 4. The average molecular weight is 278 g/mol. The first kappa shape index (κ1) is 13.5. The van der Waals surface area contributed by atoms with Gasteiger partial charge in [-0.1, -0.05) is 12.8 Å². The third kappa shape index (κ3) is 2.70. The van der Waals surface area contributed by atoms with Crippen LogP contribution >= 0.6 is 0 Å². The van der Waals surface area contributed by atoms with Crippen LogP contribution in [0.5, 0.6) is 0 Å². The maximum Gasteiger partial charge on any atom is 0.320 e. The van der Waals surface area contributed by atoms with Crippen LogP contribution in [0.1, 0.15) is 50.2 Å². The average Bonchev–Trinajstić information content (AvgIpc) is 2.69. The zero-order valence-electron chi connectivity index (χ0n) is 11.8. The second kappa shape index (κ2) is 5.91. The van der Waals surface area contributed by atoms with E-state index in [-0.39, 0.29) is 6.04 Å². The van der Waals surface area contributed by atoms with Crippen molar-refractivity contribution in [2.45, 2.75) is 64.1 Å². The highest BCUT2D eigenvalue weighted by atomic mass is 16.4. The Morgan fingerprint density at radius 3 is 2.85 bits per heavy atom. The van der Waals surface area contributed by atoms with Crippen molar-refractivity contribution in [1.29, 1.82) is 0 Å². The Morgan fingerprint density at radius 1 is 1.15 bits per heavy atom. The van der Waals surface area contributed by atoms with Gasteiger partial charge in [0.1, 0.15) is 17.7 Å². The summed E-state index contributed by atoms with van der Waals surface area (Å²) in [6.07, 6.45) is 7.29. The van der Waals surface area contributed by atoms with Crippen molar-refractivity contribution < 1.29 is 9.90 Å². The molecule has 20 heavy (non-hydrogen) atoms. The monoisotopic (exact) mass is 278 g/mol. The van der Waals surface area contributed by atoms with Crippen LogP contribution < -0.4 is 0 Å². The molecular formula is C14H22N4O2. The van der Waals surface area contributed by atoms with Crippen LogP contribution in [-0.4, -0.2) is 43.3 Å². The van der Waals surface area contributed by atoms with Crippen molar-refractivity contribution in [3.8, 4) is 0 Å².